The summed E-state index contributed by atoms with van der Waals surface area (Å²) in [6.45, 7) is 5.37. The number of likely N-dealkylation sites (tertiary alicyclic amines) is 1. The van der Waals surface area contributed by atoms with Gasteiger partial charge in [-0.15, -0.1) is 0 Å². The zero-order valence-electron chi connectivity index (χ0n) is 15.6. The molecule has 1 heterocycles. The summed E-state index contributed by atoms with van der Waals surface area (Å²) in [4.78, 5) is 25.0. The Bertz CT molecular complexity index is 574. The first-order valence-corrected chi connectivity index (χ1v) is 9.49. The second kappa shape index (κ2) is 10.8. The third kappa shape index (κ3) is 7.44. The van der Waals surface area contributed by atoms with Gasteiger partial charge in [0.2, 0.25) is 5.91 Å². The van der Waals surface area contributed by atoms with Crippen LogP contribution < -0.4 is 10.1 Å². The van der Waals surface area contributed by atoms with E-state index in [4.69, 9.17) is 9.84 Å². The number of nitrogens with zero attached hydrogens (tertiary/aromatic N) is 1. The van der Waals surface area contributed by atoms with Crippen molar-refractivity contribution < 1.29 is 19.4 Å². The molecule has 2 rings (SSSR count). The number of piperidine rings is 1. The van der Waals surface area contributed by atoms with E-state index in [1.807, 2.05) is 24.3 Å². The van der Waals surface area contributed by atoms with Gasteiger partial charge in [0.25, 0.3) is 0 Å². The lowest BCUT2D eigenvalue weighted by Crippen LogP contribution is -2.42. The fourth-order valence-corrected chi connectivity index (χ4v) is 3.24. The molecule has 0 bridgehead atoms. The van der Waals surface area contributed by atoms with Gasteiger partial charge in [-0.3, -0.25) is 14.5 Å². The van der Waals surface area contributed by atoms with Crippen LogP contribution in [-0.2, 0) is 16.1 Å². The Kier molecular flexibility index (Phi) is 8.41. The minimum absolute atomic E-state index is 0.00944. The van der Waals surface area contributed by atoms with Crippen molar-refractivity contribution in [2.75, 3.05) is 26.2 Å². The Morgan fingerprint density at radius 2 is 2.08 bits per heavy atom. The van der Waals surface area contributed by atoms with Crippen LogP contribution in [0.25, 0.3) is 0 Å². The van der Waals surface area contributed by atoms with E-state index in [0.29, 0.717) is 32.0 Å². The highest BCUT2D eigenvalue weighted by Crippen LogP contribution is 2.20. The summed E-state index contributed by atoms with van der Waals surface area (Å²) in [5, 5.41) is 11.8. The molecular formula is C20H30N2O4. The molecule has 1 atom stereocenters. The Labute approximate surface area is 155 Å². The summed E-state index contributed by atoms with van der Waals surface area (Å²) >= 11 is 0. The third-order valence-electron chi connectivity index (χ3n) is 4.62. The maximum Gasteiger partial charge on any atom is 0.303 e. The summed E-state index contributed by atoms with van der Waals surface area (Å²) in [6.07, 6.45) is 3.96. The van der Waals surface area contributed by atoms with Gasteiger partial charge in [0, 0.05) is 19.5 Å². The van der Waals surface area contributed by atoms with Crippen molar-refractivity contribution in [3.63, 3.8) is 0 Å². The molecule has 1 fully saturated rings. The average Bonchev–Trinajstić information content (AvgIpc) is 2.64. The lowest BCUT2D eigenvalue weighted by atomic mass is 9.93. The van der Waals surface area contributed by atoms with Gasteiger partial charge < -0.3 is 15.2 Å². The van der Waals surface area contributed by atoms with E-state index in [0.717, 1.165) is 43.7 Å². The van der Waals surface area contributed by atoms with Crippen LogP contribution in [0.15, 0.2) is 24.3 Å². The second-order valence-corrected chi connectivity index (χ2v) is 6.94. The highest BCUT2D eigenvalue weighted by Gasteiger charge is 2.22. The second-order valence-electron chi connectivity index (χ2n) is 6.94. The van der Waals surface area contributed by atoms with Gasteiger partial charge in [0.1, 0.15) is 5.75 Å². The van der Waals surface area contributed by atoms with Gasteiger partial charge in [0.05, 0.1) is 13.2 Å². The fraction of sp³-hybridized carbons (Fsp3) is 0.600. The van der Waals surface area contributed by atoms with E-state index < -0.39 is 5.97 Å². The Balaban J connectivity index is 1.70. The quantitative estimate of drug-likeness (QED) is 0.669. The minimum Gasteiger partial charge on any atom is -0.494 e. The van der Waals surface area contributed by atoms with Crippen molar-refractivity contribution >= 4 is 11.9 Å². The first kappa shape index (κ1) is 20.2. The molecule has 1 saturated heterocycles. The topological polar surface area (TPSA) is 78.9 Å². The predicted octanol–water partition coefficient (Wildman–Crippen LogP) is 2.67. The van der Waals surface area contributed by atoms with E-state index in [2.05, 4.69) is 17.1 Å². The van der Waals surface area contributed by atoms with Gasteiger partial charge in [0.15, 0.2) is 0 Å². The van der Waals surface area contributed by atoms with E-state index >= 15 is 0 Å². The SMILES string of the molecule is CCCOc1ccc(CNC(=O)CN2CCCC(CCC(=O)O)C2)cc1. The largest absolute Gasteiger partial charge is 0.494 e. The van der Waals surface area contributed by atoms with Gasteiger partial charge in [-0.1, -0.05) is 19.1 Å². The highest BCUT2D eigenvalue weighted by atomic mass is 16.5. The van der Waals surface area contributed by atoms with Crippen molar-refractivity contribution in [3.05, 3.63) is 29.8 Å². The van der Waals surface area contributed by atoms with Crippen molar-refractivity contribution in [2.45, 2.75) is 45.6 Å². The van der Waals surface area contributed by atoms with Crippen LogP contribution >= 0.6 is 0 Å². The molecule has 2 N–H and O–H groups in total. The van der Waals surface area contributed by atoms with Gasteiger partial charge in [-0.05, 0) is 55.8 Å². The van der Waals surface area contributed by atoms with Gasteiger partial charge >= 0.3 is 5.97 Å². The van der Waals surface area contributed by atoms with Crippen molar-refractivity contribution in [2.24, 2.45) is 5.92 Å². The van der Waals surface area contributed by atoms with E-state index in [1.54, 1.807) is 0 Å². The number of benzene rings is 1. The van der Waals surface area contributed by atoms with E-state index in [-0.39, 0.29) is 12.3 Å². The molecule has 26 heavy (non-hydrogen) atoms. The fourth-order valence-electron chi connectivity index (χ4n) is 3.24. The standard InChI is InChI=1S/C20H30N2O4/c1-2-12-26-18-8-5-16(6-9-18)13-21-19(23)15-22-11-3-4-17(14-22)7-10-20(24)25/h5-6,8-9,17H,2-4,7,10-15H2,1H3,(H,21,23)(H,24,25). The number of rotatable bonds is 10. The molecule has 1 aromatic carbocycles. The van der Waals surface area contributed by atoms with Gasteiger partial charge in [-0.25, -0.2) is 0 Å². The van der Waals surface area contributed by atoms with Crippen LogP contribution in [0.5, 0.6) is 5.75 Å². The van der Waals surface area contributed by atoms with Crippen LogP contribution in [0, 0.1) is 5.92 Å². The number of carbonyl (C=O) groups is 2. The molecule has 1 amide bonds. The molecule has 1 aliphatic heterocycles. The van der Waals surface area contributed by atoms with Crippen LogP contribution in [0.1, 0.15) is 44.6 Å². The lowest BCUT2D eigenvalue weighted by molar-refractivity contribution is -0.137. The molecular weight excluding hydrogens is 332 g/mol. The maximum atomic E-state index is 12.2. The van der Waals surface area contributed by atoms with Crippen LogP contribution in [-0.4, -0.2) is 48.1 Å². The van der Waals surface area contributed by atoms with Crippen LogP contribution in [0.4, 0.5) is 0 Å². The average molecular weight is 362 g/mol. The number of nitrogens with one attached hydrogen (secondary N) is 1. The minimum atomic E-state index is -0.744. The lowest BCUT2D eigenvalue weighted by Gasteiger charge is -2.32. The number of amides is 1. The number of hydrogen-bond donors (Lipinski definition) is 2. The highest BCUT2D eigenvalue weighted by molar-refractivity contribution is 5.78. The summed E-state index contributed by atoms with van der Waals surface area (Å²) in [6, 6.07) is 7.78. The predicted molar refractivity (Wildman–Crippen MR) is 100 cm³/mol. The first-order valence-electron chi connectivity index (χ1n) is 9.49. The van der Waals surface area contributed by atoms with Gasteiger partial charge in [-0.2, -0.15) is 0 Å². The number of carbonyl (C=O) groups excluding carboxylic acids is 1. The molecule has 6 nitrogen and oxygen atoms in total. The van der Waals surface area contributed by atoms with E-state index in [1.165, 1.54) is 0 Å². The van der Waals surface area contributed by atoms with Crippen molar-refractivity contribution in [1.82, 2.24) is 10.2 Å². The Hall–Kier alpha value is -2.08. The number of aliphatic carboxylic acids is 1. The monoisotopic (exact) mass is 362 g/mol. The van der Waals surface area contributed by atoms with Crippen molar-refractivity contribution in [3.8, 4) is 5.75 Å². The summed E-state index contributed by atoms with van der Waals surface area (Å²) in [5.41, 5.74) is 1.04. The number of ether oxygens (including phenoxy) is 1. The summed E-state index contributed by atoms with van der Waals surface area (Å²) in [5.74, 6) is 0.493. The maximum absolute atomic E-state index is 12.2. The molecule has 6 heteroatoms. The molecule has 0 spiro atoms. The molecule has 1 aliphatic rings. The molecule has 0 saturated carbocycles. The Morgan fingerprint density at radius 1 is 1.31 bits per heavy atom. The zero-order valence-corrected chi connectivity index (χ0v) is 15.6. The normalized spacial score (nSPS) is 17.7. The van der Waals surface area contributed by atoms with Crippen molar-refractivity contribution in [1.29, 1.82) is 0 Å². The third-order valence-corrected chi connectivity index (χ3v) is 4.62. The van der Waals surface area contributed by atoms with E-state index in [9.17, 15) is 9.59 Å². The summed E-state index contributed by atoms with van der Waals surface area (Å²) < 4.78 is 5.55. The number of carboxylic acids is 1. The smallest absolute Gasteiger partial charge is 0.303 e. The summed E-state index contributed by atoms with van der Waals surface area (Å²) in [7, 11) is 0. The van der Waals surface area contributed by atoms with Crippen LogP contribution in [0.2, 0.25) is 0 Å². The molecule has 0 radical (unpaired) electrons. The number of hydrogen-bond acceptors (Lipinski definition) is 4. The molecule has 1 aromatic rings. The molecule has 144 valence electrons. The zero-order chi connectivity index (χ0) is 18.8. The Morgan fingerprint density at radius 3 is 2.77 bits per heavy atom. The molecule has 0 aromatic heterocycles. The van der Waals surface area contributed by atoms with Crippen LogP contribution in [0.3, 0.4) is 0 Å². The molecule has 1 unspecified atom stereocenters. The number of carboxylic acid groups (broad SMARTS) is 1. The molecule has 0 aliphatic carbocycles. The first-order chi connectivity index (χ1) is 12.6.